The van der Waals surface area contributed by atoms with Crippen LogP contribution < -0.4 is 5.32 Å². The number of nitrogens with zero attached hydrogens (tertiary/aromatic N) is 1. The van der Waals surface area contributed by atoms with Gasteiger partial charge in [0.25, 0.3) is 0 Å². The van der Waals surface area contributed by atoms with E-state index in [1.165, 1.54) is 61.1 Å². The number of benzene rings is 1. The summed E-state index contributed by atoms with van der Waals surface area (Å²) in [6.07, 6.45) is 7.91. The molecule has 0 aliphatic heterocycles. The van der Waals surface area contributed by atoms with Gasteiger partial charge in [-0.15, -0.1) is 0 Å². The van der Waals surface area contributed by atoms with E-state index < -0.39 is 0 Å². The number of aliphatic imine (C=N–C) groups is 1. The summed E-state index contributed by atoms with van der Waals surface area (Å²) in [5, 5.41) is 3.86. The minimum atomic E-state index is -0.142. The first-order valence-corrected chi connectivity index (χ1v) is 11.1. The van der Waals surface area contributed by atoms with Crippen LogP contribution in [0.4, 0.5) is 5.69 Å². The Bertz CT molecular complexity index is 562. The molecular formula is C28H53HfN2-3. The van der Waals surface area contributed by atoms with Gasteiger partial charge in [-0.1, -0.05) is 84.9 Å². The Hall–Kier alpha value is -0.440. The number of hydrogen-bond acceptors (Lipinski definition) is 2. The number of hydrogen-bond donors (Lipinski definition) is 1. The molecule has 0 amide bonds. The molecule has 0 fully saturated rings. The van der Waals surface area contributed by atoms with Gasteiger partial charge in [-0.05, 0) is 50.2 Å². The summed E-state index contributed by atoms with van der Waals surface area (Å²) in [6, 6.07) is 6.72. The fourth-order valence-corrected chi connectivity index (χ4v) is 3.43. The molecule has 0 heterocycles. The zero-order valence-corrected chi connectivity index (χ0v) is 26.4. The molecule has 1 rings (SSSR count). The van der Waals surface area contributed by atoms with E-state index in [2.05, 4.69) is 78.9 Å². The standard InChI is InChI=1S/C25H44N2.3CH3.Hf/c1-9-10-11-12-13-14-18-26-21(6)25(7,8)27-24-22(19(2)3)16-15-17-23(24)20(4)5;;;;/h15-17,19-20,27H,9-14,18H2,1-8H3;3*1H3;/q;3*-1;. The Balaban J connectivity index is -0.000000911. The van der Waals surface area contributed by atoms with Crippen molar-refractivity contribution < 1.29 is 25.8 Å². The van der Waals surface area contributed by atoms with Crippen molar-refractivity contribution in [2.24, 2.45) is 4.99 Å². The molecule has 0 radical (unpaired) electrons. The molecule has 1 aromatic carbocycles. The summed E-state index contributed by atoms with van der Waals surface area (Å²) in [4.78, 5) is 4.91. The van der Waals surface area contributed by atoms with Gasteiger partial charge in [0.15, 0.2) is 0 Å². The molecule has 0 saturated heterocycles. The second kappa shape index (κ2) is 19.1. The van der Waals surface area contributed by atoms with Gasteiger partial charge in [-0.25, -0.2) is 0 Å². The molecule has 2 nitrogen and oxygen atoms in total. The largest absolute Gasteiger partial charge is 0.374 e. The molecule has 0 saturated carbocycles. The minimum absolute atomic E-state index is 0. The first-order valence-electron chi connectivity index (χ1n) is 11.1. The van der Waals surface area contributed by atoms with Gasteiger partial charge in [-0.3, -0.25) is 4.99 Å². The van der Waals surface area contributed by atoms with E-state index in [-0.39, 0.29) is 53.7 Å². The number of rotatable bonds is 12. The van der Waals surface area contributed by atoms with E-state index in [1.54, 1.807) is 0 Å². The quantitative estimate of drug-likeness (QED) is 0.111. The van der Waals surface area contributed by atoms with E-state index in [4.69, 9.17) is 4.99 Å². The second-order valence-electron chi connectivity index (χ2n) is 9.11. The second-order valence-corrected chi connectivity index (χ2v) is 9.11. The molecule has 0 aliphatic carbocycles. The third kappa shape index (κ3) is 13.0. The third-order valence-electron chi connectivity index (χ3n) is 5.58. The fourth-order valence-electron chi connectivity index (χ4n) is 3.43. The van der Waals surface area contributed by atoms with Crippen LogP contribution in [0.2, 0.25) is 0 Å². The van der Waals surface area contributed by atoms with Crippen LogP contribution in [0.3, 0.4) is 0 Å². The van der Waals surface area contributed by atoms with Crippen molar-refractivity contribution in [1.82, 2.24) is 0 Å². The molecule has 1 N–H and O–H groups in total. The van der Waals surface area contributed by atoms with E-state index in [0.29, 0.717) is 11.8 Å². The van der Waals surface area contributed by atoms with Gasteiger partial charge in [0.05, 0.1) is 5.54 Å². The summed E-state index contributed by atoms with van der Waals surface area (Å²) >= 11 is 0. The topological polar surface area (TPSA) is 24.4 Å². The first-order chi connectivity index (χ1) is 12.7. The van der Waals surface area contributed by atoms with Gasteiger partial charge >= 0.3 is 0 Å². The van der Waals surface area contributed by atoms with Crippen LogP contribution in [0.1, 0.15) is 117 Å². The van der Waals surface area contributed by atoms with Crippen LogP contribution in [0.25, 0.3) is 0 Å². The van der Waals surface area contributed by atoms with E-state index >= 15 is 0 Å². The summed E-state index contributed by atoms with van der Waals surface area (Å²) < 4.78 is 0. The van der Waals surface area contributed by atoms with Gasteiger partial charge in [0.1, 0.15) is 0 Å². The molecule has 182 valence electrons. The van der Waals surface area contributed by atoms with Crippen LogP contribution in [-0.2, 0) is 25.8 Å². The molecule has 1 aromatic rings. The van der Waals surface area contributed by atoms with Crippen molar-refractivity contribution in [3.8, 4) is 0 Å². The maximum Gasteiger partial charge on any atom is 0.0693 e. The third-order valence-corrected chi connectivity index (χ3v) is 5.58. The molecule has 0 bridgehead atoms. The fraction of sp³-hybridized carbons (Fsp3) is 0.643. The zero-order valence-electron chi connectivity index (χ0n) is 22.8. The minimum Gasteiger partial charge on any atom is -0.374 e. The van der Waals surface area contributed by atoms with Crippen molar-refractivity contribution in [2.75, 3.05) is 11.9 Å². The molecule has 0 unspecified atom stereocenters. The van der Waals surface area contributed by atoms with Gasteiger partial charge < -0.3 is 27.6 Å². The van der Waals surface area contributed by atoms with E-state index in [1.807, 2.05) is 0 Å². The Kier molecular flexibility index (Phi) is 23.3. The monoisotopic (exact) mass is 597 g/mol. The normalized spacial score (nSPS) is 11.2. The van der Waals surface area contributed by atoms with Crippen LogP contribution in [0, 0.1) is 22.3 Å². The maximum absolute atomic E-state index is 4.91. The van der Waals surface area contributed by atoms with Crippen molar-refractivity contribution in [3.63, 3.8) is 0 Å². The number of nitrogens with one attached hydrogen (secondary N) is 1. The SMILES string of the molecule is CCCCCCCCN=C(C)C(C)(C)Nc1c(C(C)C)cccc1C(C)C.[CH3-].[CH3-].[CH3-].[Hf]. The summed E-state index contributed by atoms with van der Waals surface area (Å²) in [6.45, 7) is 19.0. The van der Waals surface area contributed by atoms with Crippen LogP contribution in [-0.4, -0.2) is 17.8 Å². The smallest absolute Gasteiger partial charge is 0.0693 e. The summed E-state index contributed by atoms with van der Waals surface area (Å²) in [7, 11) is 0. The van der Waals surface area contributed by atoms with Crippen LogP contribution in [0.5, 0.6) is 0 Å². The summed E-state index contributed by atoms with van der Waals surface area (Å²) in [5.41, 5.74) is 5.17. The van der Waals surface area contributed by atoms with Crippen molar-refractivity contribution >= 4 is 11.4 Å². The molecule has 3 heteroatoms. The molecule has 0 atom stereocenters. The molecule has 0 aromatic heterocycles. The Morgan fingerprint density at radius 3 is 1.77 bits per heavy atom. The Labute approximate surface area is 216 Å². The maximum atomic E-state index is 4.91. The van der Waals surface area contributed by atoms with E-state index in [0.717, 1.165) is 6.54 Å². The predicted octanol–water partition coefficient (Wildman–Crippen LogP) is 9.29. The Morgan fingerprint density at radius 2 is 1.32 bits per heavy atom. The zero-order chi connectivity index (χ0) is 20.4. The number of anilines is 1. The van der Waals surface area contributed by atoms with Crippen LogP contribution >= 0.6 is 0 Å². The molecule has 0 spiro atoms. The molecule has 31 heavy (non-hydrogen) atoms. The predicted molar refractivity (Wildman–Crippen MR) is 143 cm³/mol. The van der Waals surface area contributed by atoms with Gasteiger partial charge in [0, 0.05) is 43.8 Å². The molecular weight excluding hydrogens is 543 g/mol. The summed E-state index contributed by atoms with van der Waals surface area (Å²) in [5.74, 6) is 1.00. The number of para-hydroxylation sites is 1. The van der Waals surface area contributed by atoms with Crippen molar-refractivity contribution in [2.45, 2.75) is 111 Å². The average molecular weight is 596 g/mol. The molecule has 0 aliphatic rings. The first kappa shape index (κ1) is 37.9. The van der Waals surface area contributed by atoms with Gasteiger partial charge in [0.2, 0.25) is 0 Å². The number of unbranched alkanes of at least 4 members (excludes halogenated alkanes) is 5. The average Bonchev–Trinajstić information content (AvgIpc) is 2.60. The van der Waals surface area contributed by atoms with E-state index in [9.17, 15) is 0 Å². The van der Waals surface area contributed by atoms with Crippen molar-refractivity contribution in [1.29, 1.82) is 0 Å². The van der Waals surface area contributed by atoms with Crippen molar-refractivity contribution in [3.05, 3.63) is 51.6 Å². The van der Waals surface area contributed by atoms with Crippen LogP contribution in [0.15, 0.2) is 23.2 Å². The van der Waals surface area contributed by atoms with Gasteiger partial charge in [-0.2, -0.15) is 0 Å². The Morgan fingerprint density at radius 1 is 0.871 bits per heavy atom.